The van der Waals surface area contributed by atoms with Crippen LogP contribution in [0.2, 0.25) is 0 Å². The largest absolute Gasteiger partial charge is 0.305 e. The fourth-order valence-corrected chi connectivity index (χ4v) is 1.59. The summed E-state index contributed by atoms with van der Waals surface area (Å²) in [6.07, 6.45) is 2.75. The van der Waals surface area contributed by atoms with E-state index in [4.69, 9.17) is 0 Å². The molecule has 1 aromatic rings. The van der Waals surface area contributed by atoms with Crippen LogP contribution >= 0.6 is 11.8 Å². The van der Waals surface area contributed by atoms with Gasteiger partial charge in [-0.25, -0.2) is 4.39 Å². The molecule has 1 aromatic carbocycles. The van der Waals surface area contributed by atoms with E-state index in [1.165, 1.54) is 19.1 Å². The van der Waals surface area contributed by atoms with Crippen molar-refractivity contribution in [2.45, 2.75) is 6.92 Å². The number of nitrogens with zero attached hydrogens (tertiary/aromatic N) is 1. The Balaban J connectivity index is 2.92. The van der Waals surface area contributed by atoms with Crippen molar-refractivity contribution in [1.82, 2.24) is 0 Å². The zero-order chi connectivity index (χ0) is 13.7. The number of benzene rings is 1. The van der Waals surface area contributed by atoms with Crippen LogP contribution in [0.3, 0.4) is 0 Å². The van der Waals surface area contributed by atoms with Crippen LogP contribution in [0, 0.1) is 21.7 Å². The minimum atomic E-state index is -1.22. The van der Waals surface area contributed by atoms with Gasteiger partial charge in [0.1, 0.15) is 5.82 Å². The normalized spacial score (nSPS) is 10.8. The molecule has 0 radical (unpaired) electrons. The van der Waals surface area contributed by atoms with Gasteiger partial charge >= 0.3 is 5.69 Å². The zero-order valence-corrected chi connectivity index (χ0v) is 10.2. The monoisotopic (exact) mass is 273 g/mol. The topological polar surface area (TPSA) is 60.2 Å². The molecule has 0 saturated carbocycles. The van der Waals surface area contributed by atoms with Crippen molar-refractivity contribution < 1.29 is 18.5 Å². The maximum Gasteiger partial charge on any atom is 0.305 e. The Morgan fingerprint density at radius 1 is 1.44 bits per heavy atom. The van der Waals surface area contributed by atoms with E-state index in [0.29, 0.717) is 11.8 Å². The first-order valence-electron chi connectivity index (χ1n) is 4.85. The second kappa shape index (κ2) is 6.25. The summed E-state index contributed by atoms with van der Waals surface area (Å²) in [5.74, 6) is -1.78. The average molecular weight is 273 g/mol. The highest BCUT2D eigenvalue weighted by Crippen LogP contribution is 2.22. The average Bonchev–Trinajstić information content (AvgIpc) is 2.25. The van der Waals surface area contributed by atoms with Gasteiger partial charge in [0.2, 0.25) is 5.82 Å². The van der Waals surface area contributed by atoms with E-state index in [9.17, 15) is 23.7 Å². The molecule has 0 N–H and O–H groups in total. The van der Waals surface area contributed by atoms with Gasteiger partial charge in [-0.15, -0.1) is 0 Å². The van der Waals surface area contributed by atoms with Crippen LogP contribution < -0.4 is 0 Å². The lowest BCUT2D eigenvalue weighted by atomic mass is 10.1. The third-order valence-electron chi connectivity index (χ3n) is 1.94. The van der Waals surface area contributed by atoms with Gasteiger partial charge < -0.3 is 0 Å². The molecule has 0 fully saturated rings. The second-order valence-corrected chi connectivity index (χ2v) is 4.48. The highest BCUT2D eigenvalue weighted by molar-refractivity contribution is 8.13. The SMILES string of the molecule is CC(=O)SCC=Cc1cc([N+](=O)[O-])c(F)cc1F. The van der Waals surface area contributed by atoms with Crippen LogP contribution in [-0.2, 0) is 4.79 Å². The molecule has 0 aliphatic heterocycles. The first kappa shape index (κ1) is 14.3. The Labute approximate surface area is 106 Å². The smallest absolute Gasteiger partial charge is 0.288 e. The molecule has 0 amide bonds. The molecular formula is C11H9F2NO3S. The standard InChI is InChI=1S/C11H9F2NO3S/c1-7(15)18-4-2-3-8-5-11(14(16)17)10(13)6-9(8)12/h2-3,5-6H,4H2,1H3. The highest BCUT2D eigenvalue weighted by Gasteiger charge is 2.17. The van der Waals surface area contributed by atoms with Crippen molar-refractivity contribution >= 4 is 28.6 Å². The van der Waals surface area contributed by atoms with Crippen molar-refractivity contribution in [2.75, 3.05) is 5.75 Å². The quantitative estimate of drug-likeness (QED) is 0.624. The molecule has 0 atom stereocenters. The maximum absolute atomic E-state index is 13.3. The Hall–Kier alpha value is -1.76. The number of thioether (sulfide) groups is 1. The van der Waals surface area contributed by atoms with E-state index >= 15 is 0 Å². The fourth-order valence-electron chi connectivity index (χ4n) is 1.16. The minimum Gasteiger partial charge on any atom is -0.288 e. The summed E-state index contributed by atoms with van der Waals surface area (Å²) in [5.41, 5.74) is -0.873. The van der Waals surface area contributed by atoms with E-state index in [-0.39, 0.29) is 10.7 Å². The molecule has 0 aliphatic rings. The number of nitro benzene ring substituents is 1. The van der Waals surface area contributed by atoms with Crippen molar-refractivity contribution in [3.8, 4) is 0 Å². The number of carbonyl (C=O) groups excluding carboxylic acids is 1. The zero-order valence-electron chi connectivity index (χ0n) is 9.35. The summed E-state index contributed by atoms with van der Waals surface area (Å²) in [6.45, 7) is 1.39. The Morgan fingerprint density at radius 2 is 2.11 bits per heavy atom. The molecule has 0 aromatic heterocycles. The lowest BCUT2D eigenvalue weighted by Crippen LogP contribution is -1.95. The van der Waals surface area contributed by atoms with Crippen LogP contribution in [0.5, 0.6) is 0 Å². The van der Waals surface area contributed by atoms with Crippen LogP contribution in [0.25, 0.3) is 6.08 Å². The molecule has 0 heterocycles. The molecule has 0 bridgehead atoms. The predicted octanol–water partition coefficient (Wildman–Crippen LogP) is 3.17. The first-order valence-corrected chi connectivity index (χ1v) is 5.83. The van der Waals surface area contributed by atoms with Gasteiger partial charge in [-0.1, -0.05) is 23.9 Å². The van der Waals surface area contributed by atoms with Gasteiger partial charge in [-0.3, -0.25) is 14.9 Å². The van der Waals surface area contributed by atoms with Gasteiger partial charge in [-0.2, -0.15) is 4.39 Å². The molecular weight excluding hydrogens is 264 g/mol. The molecule has 0 unspecified atom stereocenters. The molecule has 0 spiro atoms. The third-order valence-corrected chi connectivity index (χ3v) is 2.71. The summed E-state index contributed by atoms with van der Waals surface area (Å²) in [4.78, 5) is 20.2. The Kier molecular flexibility index (Phi) is 4.96. The van der Waals surface area contributed by atoms with Crippen LogP contribution in [-0.4, -0.2) is 15.8 Å². The maximum atomic E-state index is 13.3. The van der Waals surface area contributed by atoms with E-state index in [2.05, 4.69) is 0 Å². The molecule has 0 aliphatic carbocycles. The van der Waals surface area contributed by atoms with E-state index < -0.39 is 22.2 Å². The molecule has 0 saturated heterocycles. The number of halogens is 2. The predicted molar refractivity (Wildman–Crippen MR) is 65.2 cm³/mol. The van der Waals surface area contributed by atoms with Crippen molar-refractivity contribution in [3.05, 3.63) is 45.5 Å². The molecule has 1 rings (SSSR count). The fraction of sp³-hybridized carbons (Fsp3) is 0.182. The third kappa shape index (κ3) is 3.92. The summed E-state index contributed by atoms with van der Waals surface area (Å²) >= 11 is 1.01. The molecule has 7 heteroatoms. The van der Waals surface area contributed by atoms with E-state index in [1.807, 2.05) is 0 Å². The Morgan fingerprint density at radius 3 is 2.67 bits per heavy atom. The number of hydrogen-bond acceptors (Lipinski definition) is 4. The summed E-state index contributed by atoms with van der Waals surface area (Å²) in [6, 6.07) is 1.29. The van der Waals surface area contributed by atoms with Gasteiger partial charge in [0, 0.05) is 30.4 Å². The van der Waals surface area contributed by atoms with Gasteiger partial charge in [0.25, 0.3) is 0 Å². The minimum absolute atomic E-state index is 0.0905. The number of rotatable bonds is 4. The van der Waals surface area contributed by atoms with Crippen LogP contribution in [0.1, 0.15) is 12.5 Å². The first-order chi connectivity index (χ1) is 8.41. The van der Waals surface area contributed by atoms with Crippen molar-refractivity contribution in [2.24, 2.45) is 0 Å². The molecule has 18 heavy (non-hydrogen) atoms. The summed E-state index contributed by atoms with van der Waals surface area (Å²) in [5, 5.41) is 10.4. The summed E-state index contributed by atoms with van der Waals surface area (Å²) in [7, 11) is 0. The lowest BCUT2D eigenvalue weighted by Gasteiger charge is -1.99. The van der Waals surface area contributed by atoms with Gasteiger partial charge in [0.15, 0.2) is 5.12 Å². The molecule has 96 valence electrons. The number of nitro groups is 1. The number of hydrogen-bond donors (Lipinski definition) is 0. The van der Waals surface area contributed by atoms with Crippen molar-refractivity contribution in [3.63, 3.8) is 0 Å². The lowest BCUT2D eigenvalue weighted by molar-refractivity contribution is -0.387. The van der Waals surface area contributed by atoms with E-state index in [0.717, 1.165) is 17.8 Å². The molecule has 4 nitrogen and oxygen atoms in total. The van der Waals surface area contributed by atoms with E-state index in [1.54, 1.807) is 0 Å². The second-order valence-electron chi connectivity index (χ2n) is 3.29. The van der Waals surface area contributed by atoms with Crippen molar-refractivity contribution in [1.29, 1.82) is 0 Å². The van der Waals surface area contributed by atoms with Crippen LogP contribution in [0.4, 0.5) is 14.5 Å². The number of carbonyl (C=O) groups is 1. The van der Waals surface area contributed by atoms with Crippen LogP contribution in [0.15, 0.2) is 18.2 Å². The Bertz CT molecular complexity index is 517. The summed E-state index contributed by atoms with van der Waals surface area (Å²) < 4.78 is 26.3. The van der Waals surface area contributed by atoms with Gasteiger partial charge in [-0.05, 0) is 0 Å². The highest BCUT2D eigenvalue weighted by atomic mass is 32.2. The van der Waals surface area contributed by atoms with Gasteiger partial charge in [0.05, 0.1) is 4.92 Å².